The number of imidazole rings is 1. The van der Waals surface area contributed by atoms with Crippen molar-refractivity contribution in [2.24, 2.45) is 0 Å². The van der Waals surface area contributed by atoms with Crippen molar-refractivity contribution in [3.05, 3.63) is 48.0 Å². The van der Waals surface area contributed by atoms with E-state index in [4.69, 9.17) is 9.57 Å². The molecule has 1 unspecified atom stereocenters. The van der Waals surface area contributed by atoms with Crippen molar-refractivity contribution in [3.8, 4) is 5.75 Å². The third-order valence-corrected chi connectivity index (χ3v) is 4.10. The molecule has 6 heteroatoms. The minimum Gasteiger partial charge on any atom is -0.508 e. The van der Waals surface area contributed by atoms with Crippen molar-refractivity contribution in [1.29, 1.82) is 0 Å². The topological polar surface area (TPSA) is 70.6 Å². The molecule has 1 aromatic heterocycles. The summed E-state index contributed by atoms with van der Waals surface area (Å²) < 4.78 is 5.90. The predicted molar refractivity (Wildman–Crippen MR) is 85.6 cm³/mol. The van der Waals surface area contributed by atoms with Gasteiger partial charge in [-0.15, -0.1) is 0 Å². The fourth-order valence-electron chi connectivity index (χ4n) is 2.71. The molecule has 3 rings (SSSR count). The van der Waals surface area contributed by atoms with Gasteiger partial charge >= 0.3 is 0 Å². The van der Waals surface area contributed by atoms with Gasteiger partial charge in [-0.1, -0.05) is 12.1 Å². The highest BCUT2D eigenvalue weighted by atomic mass is 16.7. The molecule has 0 bridgehead atoms. The lowest BCUT2D eigenvalue weighted by Gasteiger charge is -2.32. The van der Waals surface area contributed by atoms with Crippen LogP contribution in [0.2, 0.25) is 0 Å². The fourth-order valence-corrected chi connectivity index (χ4v) is 2.71. The molecular weight excluding hydrogens is 294 g/mol. The van der Waals surface area contributed by atoms with E-state index in [-0.39, 0.29) is 18.0 Å². The average molecular weight is 317 g/mol. The fraction of sp³-hybridized carbons (Fsp3) is 0.471. The Hall–Kier alpha value is -1.89. The highest BCUT2D eigenvalue weighted by molar-refractivity contribution is 5.27. The molecule has 1 aromatic carbocycles. The van der Waals surface area contributed by atoms with Gasteiger partial charge in [0.25, 0.3) is 0 Å². The Morgan fingerprint density at radius 3 is 2.70 bits per heavy atom. The maximum Gasteiger partial charge on any atom is 0.115 e. The van der Waals surface area contributed by atoms with Gasteiger partial charge < -0.3 is 14.8 Å². The van der Waals surface area contributed by atoms with Crippen molar-refractivity contribution in [2.75, 3.05) is 13.1 Å². The number of aromatic nitrogens is 2. The normalized spacial score (nSPS) is 18.1. The molecular formula is C17H23N3O3. The number of ether oxygens (including phenoxy) is 1. The number of phenols is 1. The lowest BCUT2D eigenvalue weighted by Crippen LogP contribution is -2.37. The van der Waals surface area contributed by atoms with Crippen LogP contribution in [0.25, 0.3) is 0 Å². The van der Waals surface area contributed by atoms with Crippen LogP contribution >= 0.6 is 0 Å². The molecule has 0 saturated carbocycles. The van der Waals surface area contributed by atoms with E-state index < -0.39 is 0 Å². The van der Waals surface area contributed by atoms with Crippen LogP contribution < -0.4 is 0 Å². The monoisotopic (exact) mass is 317 g/mol. The number of nitrogens with zero attached hydrogens (tertiary/aromatic N) is 2. The average Bonchev–Trinajstić information content (AvgIpc) is 3.08. The maximum absolute atomic E-state index is 9.34. The Labute approximate surface area is 136 Å². The highest BCUT2D eigenvalue weighted by Crippen LogP contribution is 2.23. The summed E-state index contributed by atoms with van der Waals surface area (Å²) in [7, 11) is 0. The number of hydrogen-bond acceptors (Lipinski definition) is 5. The first-order valence-corrected chi connectivity index (χ1v) is 8.00. The molecule has 1 aliphatic heterocycles. The Kier molecular flexibility index (Phi) is 5.27. The highest BCUT2D eigenvalue weighted by Gasteiger charge is 2.22. The number of piperidine rings is 1. The molecule has 0 amide bonds. The maximum atomic E-state index is 9.34. The van der Waals surface area contributed by atoms with Gasteiger partial charge in [0.1, 0.15) is 11.9 Å². The third kappa shape index (κ3) is 4.54. The number of hydroxylamine groups is 2. The second-order valence-corrected chi connectivity index (χ2v) is 5.86. The van der Waals surface area contributed by atoms with Crippen LogP contribution in [0.5, 0.6) is 5.75 Å². The zero-order valence-electron chi connectivity index (χ0n) is 13.3. The van der Waals surface area contributed by atoms with E-state index in [1.54, 1.807) is 24.7 Å². The molecule has 2 aromatic rings. The van der Waals surface area contributed by atoms with Gasteiger partial charge in [0.05, 0.1) is 30.9 Å². The van der Waals surface area contributed by atoms with Gasteiger partial charge in [-0.2, -0.15) is 5.06 Å². The first-order valence-electron chi connectivity index (χ1n) is 8.00. The number of aromatic hydroxyl groups is 1. The number of phenolic OH excluding ortho intramolecular Hbond substituents is 1. The number of H-pyrrole nitrogens is 1. The summed E-state index contributed by atoms with van der Waals surface area (Å²) >= 11 is 0. The van der Waals surface area contributed by atoms with Crippen LogP contribution in [-0.2, 0) is 16.2 Å². The van der Waals surface area contributed by atoms with E-state index in [1.165, 1.54) is 0 Å². The zero-order chi connectivity index (χ0) is 16.1. The van der Waals surface area contributed by atoms with Crippen LogP contribution in [0.15, 0.2) is 36.8 Å². The minimum atomic E-state index is -0.0296. The van der Waals surface area contributed by atoms with Crippen molar-refractivity contribution in [1.82, 2.24) is 15.0 Å². The lowest BCUT2D eigenvalue weighted by atomic mass is 10.1. The van der Waals surface area contributed by atoms with Crippen molar-refractivity contribution < 1.29 is 14.7 Å². The van der Waals surface area contributed by atoms with E-state index in [9.17, 15) is 5.11 Å². The number of hydrogen-bond donors (Lipinski definition) is 2. The van der Waals surface area contributed by atoms with E-state index in [2.05, 4.69) is 9.97 Å². The molecule has 1 fully saturated rings. The Morgan fingerprint density at radius 1 is 1.30 bits per heavy atom. The molecule has 2 heterocycles. The summed E-state index contributed by atoms with van der Waals surface area (Å²) in [5, 5.41) is 11.3. The summed E-state index contributed by atoms with van der Waals surface area (Å²) in [6, 6.07) is 7.15. The van der Waals surface area contributed by atoms with Crippen LogP contribution in [0.4, 0.5) is 0 Å². The molecule has 2 N–H and O–H groups in total. The van der Waals surface area contributed by atoms with Gasteiger partial charge in [-0.05, 0) is 37.5 Å². The smallest absolute Gasteiger partial charge is 0.115 e. The Bertz CT molecular complexity index is 578. The predicted octanol–water partition coefficient (Wildman–Crippen LogP) is 2.79. The van der Waals surface area contributed by atoms with Crippen molar-refractivity contribution in [3.63, 3.8) is 0 Å². The van der Waals surface area contributed by atoms with Crippen LogP contribution in [-0.4, -0.2) is 39.3 Å². The molecule has 1 atom stereocenters. The molecule has 23 heavy (non-hydrogen) atoms. The first-order chi connectivity index (χ1) is 11.2. The van der Waals surface area contributed by atoms with E-state index >= 15 is 0 Å². The van der Waals surface area contributed by atoms with E-state index in [0.717, 1.165) is 37.2 Å². The quantitative estimate of drug-likeness (QED) is 0.857. The summed E-state index contributed by atoms with van der Waals surface area (Å²) in [5.41, 5.74) is 2.06. The van der Waals surface area contributed by atoms with Crippen molar-refractivity contribution >= 4 is 0 Å². The molecule has 6 nitrogen and oxygen atoms in total. The number of nitrogens with one attached hydrogen (secondary N) is 1. The SMILES string of the molecule is CC(ON1CCC(OCc2cnc[nH]2)CC1)c1ccc(O)cc1. The molecule has 1 saturated heterocycles. The molecule has 0 radical (unpaired) electrons. The lowest BCUT2D eigenvalue weighted by molar-refractivity contribution is -0.215. The summed E-state index contributed by atoms with van der Waals surface area (Å²) in [5.74, 6) is 0.274. The molecule has 124 valence electrons. The molecule has 0 spiro atoms. The Balaban J connectivity index is 1.41. The van der Waals surface area contributed by atoms with Crippen molar-refractivity contribution in [2.45, 2.75) is 38.6 Å². The number of rotatable bonds is 6. The Morgan fingerprint density at radius 2 is 2.04 bits per heavy atom. The van der Waals surface area contributed by atoms with Gasteiger partial charge in [-0.3, -0.25) is 4.84 Å². The number of benzene rings is 1. The summed E-state index contributed by atoms with van der Waals surface area (Å²) in [4.78, 5) is 13.0. The van der Waals surface area contributed by atoms with Crippen LogP contribution in [0.3, 0.4) is 0 Å². The molecule has 0 aliphatic carbocycles. The largest absolute Gasteiger partial charge is 0.508 e. The van der Waals surface area contributed by atoms with Gasteiger partial charge in [0, 0.05) is 13.1 Å². The van der Waals surface area contributed by atoms with Gasteiger partial charge in [0.15, 0.2) is 0 Å². The standard InChI is InChI=1S/C17H23N3O3/c1-13(14-2-4-16(21)5-3-14)23-20-8-6-17(7-9-20)22-11-15-10-18-12-19-15/h2-5,10,12-13,17,21H,6-9,11H2,1H3,(H,18,19). The van der Waals surface area contributed by atoms with Gasteiger partial charge in [0.2, 0.25) is 0 Å². The first kappa shape index (κ1) is 16.0. The van der Waals surface area contributed by atoms with Crippen LogP contribution in [0, 0.1) is 0 Å². The van der Waals surface area contributed by atoms with E-state index in [0.29, 0.717) is 6.61 Å². The second kappa shape index (κ2) is 7.59. The number of aromatic amines is 1. The van der Waals surface area contributed by atoms with Gasteiger partial charge in [-0.25, -0.2) is 4.98 Å². The summed E-state index contributed by atoms with van der Waals surface area (Å²) in [6.45, 7) is 4.31. The third-order valence-electron chi connectivity index (χ3n) is 4.10. The van der Waals surface area contributed by atoms with E-state index in [1.807, 2.05) is 24.1 Å². The zero-order valence-corrected chi connectivity index (χ0v) is 13.3. The second-order valence-electron chi connectivity index (χ2n) is 5.86. The van der Waals surface area contributed by atoms with Crippen LogP contribution in [0.1, 0.15) is 37.1 Å². The molecule has 1 aliphatic rings. The minimum absolute atomic E-state index is 0.0296. The summed E-state index contributed by atoms with van der Waals surface area (Å²) in [6.07, 6.45) is 5.60.